The molecule has 0 aromatic heterocycles. The molecule has 118 valence electrons. The molecule has 0 aliphatic rings. The molecule has 1 aromatic carbocycles. The molecule has 0 fully saturated rings. The normalized spacial score (nSPS) is 13.3. The van der Waals surface area contributed by atoms with E-state index in [2.05, 4.69) is 19.2 Å². The first kappa shape index (κ1) is 18.2. The van der Waals surface area contributed by atoms with Gasteiger partial charge in [0.1, 0.15) is 4.90 Å². The van der Waals surface area contributed by atoms with Crippen molar-refractivity contribution in [3.8, 4) is 0 Å². The standard InChI is InChI=1S/C13H18Cl2N2O3S/c1-7(2)8(3)6-17-13(18)9-4-10(14)12(15)11(5-9)21(16,19)20/h4-5,7-8H,6H2,1-3H3,(H,17,18)(H2,16,19,20). The molecule has 0 spiro atoms. The Kier molecular flexibility index (Phi) is 6.04. The van der Waals surface area contributed by atoms with Gasteiger partial charge in [0.25, 0.3) is 5.91 Å². The summed E-state index contributed by atoms with van der Waals surface area (Å²) in [5.41, 5.74) is 0.101. The monoisotopic (exact) mass is 352 g/mol. The van der Waals surface area contributed by atoms with E-state index in [0.29, 0.717) is 12.5 Å². The van der Waals surface area contributed by atoms with Gasteiger partial charge in [0.2, 0.25) is 10.0 Å². The molecular formula is C13H18Cl2N2O3S. The molecule has 8 heteroatoms. The maximum Gasteiger partial charge on any atom is 0.251 e. The van der Waals surface area contributed by atoms with Crippen molar-refractivity contribution in [1.29, 1.82) is 0 Å². The third-order valence-electron chi connectivity index (χ3n) is 3.29. The number of hydrogen-bond donors (Lipinski definition) is 2. The lowest BCUT2D eigenvalue weighted by molar-refractivity contribution is 0.0944. The molecule has 1 atom stereocenters. The molecule has 0 saturated heterocycles. The number of amides is 1. The van der Waals surface area contributed by atoms with Crippen LogP contribution in [-0.2, 0) is 10.0 Å². The lowest BCUT2D eigenvalue weighted by Crippen LogP contribution is -2.30. The summed E-state index contributed by atoms with van der Waals surface area (Å²) in [6.07, 6.45) is 0. The number of carbonyl (C=O) groups is 1. The maximum absolute atomic E-state index is 12.1. The summed E-state index contributed by atoms with van der Waals surface area (Å²) in [5.74, 6) is 0.277. The predicted molar refractivity (Wildman–Crippen MR) is 84.2 cm³/mol. The second kappa shape index (κ2) is 6.96. The van der Waals surface area contributed by atoms with Gasteiger partial charge in [-0.05, 0) is 24.0 Å². The van der Waals surface area contributed by atoms with E-state index < -0.39 is 15.9 Å². The first-order valence-corrected chi connectivity index (χ1v) is 8.64. The van der Waals surface area contributed by atoms with Crippen LogP contribution in [-0.4, -0.2) is 20.9 Å². The molecular weight excluding hydrogens is 335 g/mol. The first-order valence-electron chi connectivity index (χ1n) is 6.34. The number of rotatable bonds is 5. The number of sulfonamides is 1. The van der Waals surface area contributed by atoms with Crippen LogP contribution in [0.15, 0.2) is 17.0 Å². The first-order chi connectivity index (χ1) is 9.54. The zero-order valence-electron chi connectivity index (χ0n) is 12.0. The van der Waals surface area contributed by atoms with Gasteiger partial charge in [-0.2, -0.15) is 0 Å². The lowest BCUT2D eigenvalue weighted by atomic mass is 9.98. The number of halogens is 2. The van der Waals surface area contributed by atoms with Crippen LogP contribution in [0.5, 0.6) is 0 Å². The quantitative estimate of drug-likeness (QED) is 0.853. The Morgan fingerprint density at radius 3 is 2.33 bits per heavy atom. The lowest BCUT2D eigenvalue weighted by Gasteiger charge is -2.16. The minimum atomic E-state index is -4.05. The SMILES string of the molecule is CC(C)C(C)CNC(=O)c1cc(Cl)c(Cl)c(S(N)(=O)=O)c1. The summed E-state index contributed by atoms with van der Waals surface area (Å²) < 4.78 is 22.9. The van der Waals surface area contributed by atoms with E-state index in [9.17, 15) is 13.2 Å². The van der Waals surface area contributed by atoms with Crippen molar-refractivity contribution >= 4 is 39.1 Å². The van der Waals surface area contributed by atoms with Crippen molar-refractivity contribution in [3.63, 3.8) is 0 Å². The van der Waals surface area contributed by atoms with Gasteiger partial charge in [0.05, 0.1) is 10.0 Å². The molecule has 5 nitrogen and oxygen atoms in total. The van der Waals surface area contributed by atoms with Crippen molar-refractivity contribution in [2.45, 2.75) is 25.7 Å². The number of carbonyl (C=O) groups excluding carboxylic acids is 1. The molecule has 0 aliphatic carbocycles. The van der Waals surface area contributed by atoms with Gasteiger partial charge < -0.3 is 5.32 Å². The summed E-state index contributed by atoms with van der Waals surface area (Å²) in [4.78, 5) is 11.7. The van der Waals surface area contributed by atoms with Crippen LogP contribution in [0.4, 0.5) is 0 Å². The van der Waals surface area contributed by atoms with Crippen molar-refractivity contribution in [2.75, 3.05) is 6.54 Å². The fourth-order valence-corrected chi connectivity index (χ4v) is 2.85. The summed E-state index contributed by atoms with van der Waals surface area (Å²) >= 11 is 11.7. The average Bonchev–Trinajstić information content (AvgIpc) is 2.36. The molecule has 0 bridgehead atoms. The van der Waals surface area contributed by atoms with E-state index in [0.717, 1.165) is 6.07 Å². The highest BCUT2D eigenvalue weighted by Gasteiger charge is 2.20. The van der Waals surface area contributed by atoms with Gasteiger partial charge in [0, 0.05) is 12.1 Å². The van der Waals surface area contributed by atoms with Crippen LogP contribution in [0.25, 0.3) is 0 Å². The van der Waals surface area contributed by atoms with E-state index in [1.807, 2.05) is 6.92 Å². The number of benzene rings is 1. The summed E-state index contributed by atoms with van der Waals surface area (Å²) in [5, 5.41) is 7.56. The molecule has 1 rings (SSSR count). The third kappa shape index (κ3) is 4.85. The molecule has 1 aromatic rings. The van der Waals surface area contributed by atoms with Crippen molar-refractivity contribution in [2.24, 2.45) is 17.0 Å². The van der Waals surface area contributed by atoms with Crippen molar-refractivity contribution in [3.05, 3.63) is 27.7 Å². The van der Waals surface area contributed by atoms with Gasteiger partial charge in [-0.25, -0.2) is 13.6 Å². The Bertz CT molecular complexity index is 645. The third-order valence-corrected chi connectivity index (χ3v) is 5.14. The number of nitrogens with one attached hydrogen (secondary N) is 1. The van der Waals surface area contributed by atoms with Crippen LogP contribution in [0, 0.1) is 11.8 Å². The van der Waals surface area contributed by atoms with Gasteiger partial charge in [-0.15, -0.1) is 0 Å². The van der Waals surface area contributed by atoms with E-state index in [1.54, 1.807) is 0 Å². The molecule has 0 heterocycles. The fourth-order valence-electron chi connectivity index (χ4n) is 1.49. The van der Waals surface area contributed by atoms with Crippen molar-refractivity contribution < 1.29 is 13.2 Å². The topological polar surface area (TPSA) is 89.3 Å². The second-order valence-electron chi connectivity index (χ2n) is 5.25. The molecule has 21 heavy (non-hydrogen) atoms. The van der Waals surface area contributed by atoms with E-state index in [4.69, 9.17) is 28.3 Å². The Balaban J connectivity index is 3.04. The highest BCUT2D eigenvalue weighted by Crippen LogP contribution is 2.30. The van der Waals surface area contributed by atoms with E-state index in [1.165, 1.54) is 6.07 Å². The van der Waals surface area contributed by atoms with Crippen LogP contribution < -0.4 is 10.5 Å². The largest absolute Gasteiger partial charge is 0.352 e. The van der Waals surface area contributed by atoms with E-state index in [-0.39, 0.29) is 26.4 Å². The summed E-state index contributed by atoms with van der Waals surface area (Å²) in [6.45, 7) is 6.58. The Morgan fingerprint density at radius 1 is 1.29 bits per heavy atom. The maximum atomic E-state index is 12.1. The zero-order valence-corrected chi connectivity index (χ0v) is 14.3. The van der Waals surface area contributed by atoms with Gasteiger partial charge in [-0.3, -0.25) is 4.79 Å². The summed E-state index contributed by atoms with van der Waals surface area (Å²) in [6, 6.07) is 2.44. The Hall–Kier alpha value is -0.820. The molecule has 1 unspecified atom stereocenters. The molecule has 3 N–H and O–H groups in total. The van der Waals surface area contributed by atoms with Crippen molar-refractivity contribution in [1.82, 2.24) is 5.32 Å². The molecule has 0 saturated carbocycles. The molecule has 1 amide bonds. The van der Waals surface area contributed by atoms with Gasteiger partial charge in [0.15, 0.2) is 0 Å². The minimum Gasteiger partial charge on any atom is -0.352 e. The number of primary sulfonamides is 1. The average molecular weight is 353 g/mol. The zero-order chi connectivity index (χ0) is 16.4. The van der Waals surface area contributed by atoms with Crippen LogP contribution in [0.3, 0.4) is 0 Å². The van der Waals surface area contributed by atoms with Crippen LogP contribution >= 0.6 is 23.2 Å². The number of hydrogen-bond acceptors (Lipinski definition) is 3. The van der Waals surface area contributed by atoms with E-state index >= 15 is 0 Å². The molecule has 0 radical (unpaired) electrons. The minimum absolute atomic E-state index is 0.0368. The summed E-state index contributed by atoms with van der Waals surface area (Å²) in [7, 11) is -4.05. The Morgan fingerprint density at radius 2 is 1.86 bits per heavy atom. The second-order valence-corrected chi connectivity index (χ2v) is 7.56. The Labute approximate surface area is 134 Å². The van der Waals surface area contributed by atoms with Gasteiger partial charge in [-0.1, -0.05) is 44.0 Å². The fraction of sp³-hybridized carbons (Fsp3) is 0.462. The smallest absolute Gasteiger partial charge is 0.251 e. The highest BCUT2D eigenvalue weighted by molar-refractivity contribution is 7.89. The van der Waals surface area contributed by atoms with Gasteiger partial charge >= 0.3 is 0 Å². The predicted octanol–water partition coefficient (Wildman–Crippen LogP) is 2.66. The molecule has 0 aliphatic heterocycles. The highest BCUT2D eigenvalue weighted by atomic mass is 35.5. The van der Waals surface area contributed by atoms with Crippen LogP contribution in [0.2, 0.25) is 10.0 Å². The van der Waals surface area contributed by atoms with Crippen LogP contribution in [0.1, 0.15) is 31.1 Å². The number of nitrogens with two attached hydrogens (primary N) is 1.